The SMILES string of the molecule is CCOc1cc(/C=C2/SC(=Nc3cccc(Cl)c3Cl)NC2=O)cc(I)c1OCc1cccc(C(=O)O)c1. The van der Waals surface area contributed by atoms with E-state index in [2.05, 4.69) is 32.9 Å². The van der Waals surface area contributed by atoms with E-state index in [4.69, 9.17) is 32.7 Å². The molecule has 11 heteroatoms. The fourth-order valence-electron chi connectivity index (χ4n) is 3.34. The van der Waals surface area contributed by atoms with Crippen LogP contribution in [0.15, 0.2) is 64.5 Å². The maximum atomic E-state index is 12.6. The summed E-state index contributed by atoms with van der Waals surface area (Å²) in [6.07, 6.45) is 1.74. The van der Waals surface area contributed by atoms with E-state index in [1.807, 2.05) is 13.0 Å². The third kappa shape index (κ3) is 6.78. The van der Waals surface area contributed by atoms with E-state index in [-0.39, 0.29) is 18.1 Å². The molecule has 0 saturated carbocycles. The fraction of sp³-hybridized carbons (Fsp3) is 0.115. The molecule has 0 aromatic heterocycles. The van der Waals surface area contributed by atoms with Crippen molar-refractivity contribution in [2.75, 3.05) is 6.61 Å². The van der Waals surface area contributed by atoms with Crippen molar-refractivity contribution < 1.29 is 24.2 Å². The number of carboxylic acid groups (broad SMARTS) is 1. The number of rotatable bonds is 8. The Hall–Kier alpha value is -2.73. The number of hydrogen-bond acceptors (Lipinski definition) is 6. The lowest BCUT2D eigenvalue weighted by Crippen LogP contribution is -2.19. The maximum absolute atomic E-state index is 12.6. The zero-order valence-corrected chi connectivity index (χ0v) is 23.7. The van der Waals surface area contributed by atoms with Crippen molar-refractivity contribution in [1.82, 2.24) is 5.32 Å². The second-order valence-corrected chi connectivity index (χ2v) is 10.6. The molecule has 1 fully saturated rings. The number of carbonyl (C=O) groups is 2. The number of thioether (sulfide) groups is 1. The van der Waals surface area contributed by atoms with E-state index >= 15 is 0 Å². The van der Waals surface area contributed by atoms with Crippen LogP contribution in [0.3, 0.4) is 0 Å². The summed E-state index contributed by atoms with van der Waals surface area (Å²) in [5.74, 6) is -0.236. The van der Waals surface area contributed by atoms with Crippen LogP contribution in [0.2, 0.25) is 10.0 Å². The van der Waals surface area contributed by atoms with E-state index in [0.717, 1.165) is 14.7 Å². The Kier molecular flexibility index (Phi) is 9.01. The van der Waals surface area contributed by atoms with E-state index in [1.54, 1.807) is 48.5 Å². The minimum atomic E-state index is -0.999. The summed E-state index contributed by atoms with van der Waals surface area (Å²) in [7, 11) is 0. The lowest BCUT2D eigenvalue weighted by atomic mass is 10.1. The average molecular weight is 669 g/mol. The standard InChI is InChI=1S/C26H19Cl2IN2O5S/c1-2-35-20-11-15(10-18(29)23(20)36-13-14-5-3-6-16(9-14)25(33)34)12-21-24(32)31-26(37-21)30-19-8-4-7-17(27)22(19)28/h3-12H,2,13H2,1H3,(H,33,34)(H,30,31,32)/b21-12+. The number of aromatic carboxylic acids is 1. The van der Waals surface area contributed by atoms with Crippen LogP contribution in [-0.2, 0) is 11.4 Å². The number of amides is 1. The summed E-state index contributed by atoms with van der Waals surface area (Å²) in [5, 5.41) is 13.0. The Morgan fingerprint density at radius 1 is 1.16 bits per heavy atom. The van der Waals surface area contributed by atoms with Crippen LogP contribution in [0.1, 0.15) is 28.4 Å². The first-order chi connectivity index (χ1) is 17.7. The van der Waals surface area contributed by atoms with Crippen LogP contribution in [0.25, 0.3) is 6.08 Å². The second-order valence-electron chi connectivity index (χ2n) is 7.61. The molecule has 0 unspecified atom stereocenters. The molecule has 3 aromatic carbocycles. The Labute approximate surface area is 241 Å². The molecular weight excluding hydrogens is 650 g/mol. The number of aliphatic imine (C=N–C) groups is 1. The van der Waals surface area contributed by atoms with E-state index in [0.29, 0.717) is 43.9 Å². The van der Waals surface area contributed by atoms with E-state index < -0.39 is 5.97 Å². The predicted molar refractivity (Wildman–Crippen MR) is 155 cm³/mol. The van der Waals surface area contributed by atoms with Crippen LogP contribution >= 0.6 is 57.6 Å². The fourth-order valence-corrected chi connectivity index (χ4v) is 5.30. The van der Waals surface area contributed by atoms with Crippen molar-refractivity contribution in [3.05, 3.63) is 89.8 Å². The van der Waals surface area contributed by atoms with Gasteiger partial charge in [0.25, 0.3) is 5.91 Å². The maximum Gasteiger partial charge on any atom is 0.335 e. The van der Waals surface area contributed by atoms with Gasteiger partial charge in [-0.05, 0) is 94.9 Å². The zero-order valence-electron chi connectivity index (χ0n) is 19.3. The summed E-state index contributed by atoms with van der Waals surface area (Å²) < 4.78 is 12.6. The van der Waals surface area contributed by atoms with Gasteiger partial charge in [0.05, 0.1) is 36.4 Å². The summed E-state index contributed by atoms with van der Waals surface area (Å²) in [6, 6.07) is 15.3. The molecule has 1 saturated heterocycles. The number of benzene rings is 3. The smallest absolute Gasteiger partial charge is 0.335 e. The van der Waals surface area contributed by atoms with Gasteiger partial charge in [0.15, 0.2) is 16.7 Å². The molecule has 190 valence electrons. The summed E-state index contributed by atoms with van der Waals surface area (Å²) >= 11 is 15.6. The monoisotopic (exact) mass is 668 g/mol. The van der Waals surface area contributed by atoms with Gasteiger partial charge in [0.1, 0.15) is 6.61 Å². The van der Waals surface area contributed by atoms with Crippen LogP contribution in [-0.4, -0.2) is 28.8 Å². The molecule has 3 aromatic rings. The minimum absolute atomic E-state index is 0.168. The molecule has 1 heterocycles. The lowest BCUT2D eigenvalue weighted by molar-refractivity contribution is -0.115. The molecule has 7 nitrogen and oxygen atoms in total. The van der Waals surface area contributed by atoms with Gasteiger partial charge in [0, 0.05) is 0 Å². The Morgan fingerprint density at radius 2 is 1.95 bits per heavy atom. The molecule has 0 spiro atoms. The molecule has 1 aliphatic heterocycles. The number of amidine groups is 1. The molecule has 0 aliphatic carbocycles. The molecule has 37 heavy (non-hydrogen) atoms. The molecule has 0 atom stereocenters. The van der Waals surface area contributed by atoms with Gasteiger partial charge in [0.2, 0.25) is 0 Å². The van der Waals surface area contributed by atoms with Gasteiger partial charge in [-0.25, -0.2) is 9.79 Å². The van der Waals surface area contributed by atoms with Gasteiger partial charge in [-0.3, -0.25) is 4.79 Å². The van der Waals surface area contributed by atoms with Gasteiger partial charge in [-0.2, -0.15) is 0 Å². The lowest BCUT2D eigenvalue weighted by Gasteiger charge is -2.15. The van der Waals surface area contributed by atoms with Crippen LogP contribution in [0, 0.1) is 3.57 Å². The third-order valence-electron chi connectivity index (χ3n) is 4.99. The molecule has 4 rings (SSSR count). The topological polar surface area (TPSA) is 97.2 Å². The van der Waals surface area contributed by atoms with Gasteiger partial charge in [-0.1, -0.05) is 41.4 Å². The molecule has 0 radical (unpaired) electrons. The molecule has 1 aliphatic rings. The van der Waals surface area contributed by atoms with Crippen molar-refractivity contribution >= 4 is 86.4 Å². The number of carboxylic acids is 1. The summed E-state index contributed by atoms with van der Waals surface area (Å²) in [4.78, 5) is 28.7. The van der Waals surface area contributed by atoms with Crippen LogP contribution < -0.4 is 14.8 Å². The van der Waals surface area contributed by atoms with Crippen molar-refractivity contribution in [3.8, 4) is 11.5 Å². The largest absolute Gasteiger partial charge is 0.490 e. The summed E-state index contributed by atoms with van der Waals surface area (Å²) in [6.45, 7) is 2.44. The highest BCUT2D eigenvalue weighted by Crippen LogP contribution is 2.38. The molecule has 2 N–H and O–H groups in total. The van der Waals surface area contributed by atoms with Crippen molar-refractivity contribution in [1.29, 1.82) is 0 Å². The normalized spacial score (nSPS) is 15.2. The molecular formula is C26H19Cl2IN2O5S. The number of nitrogens with zero attached hydrogens (tertiary/aromatic N) is 1. The first-order valence-corrected chi connectivity index (χ1v) is 13.5. The highest BCUT2D eigenvalue weighted by atomic mass is 127. The Morgan fingerprint density at radius 3 is 2.70 bits per heavy atom. The Balaban J connectivity index is 1.57. The van der Waals surface area contributed by atoms with Crippen molar-refractivity contribution in [3.63, 3.8) is 0 Å². The number of ether oxygens (including phenoxy) is 2. The van der Waals surface area contributed by atoms with Crippen LogP contribution in [0.4, 0.5) is 5.69 Å². The number of nitrogens with one attached hydrogen (secondary N) is 1. The minimum Gasteiger partial charge on any atom is -0.490 e. The number of carbonyl (C=O) groups excluding carboxylic acids is 1. The molecule has 1 amide bonds. The highest BCUT2D eigenvalue weighted by molar-refractivity contribution is 14.1. The van der Waals surface area contributed by atoms with Crippen LogP contribution in [0.5, 0.6) is 11.5 Å². The first-order valence-electron chi connectivity index (χ1n) is 10.9. The Bertz CT molecular complexity index is 1440. The van der Waals surface area contributed by atoms with Gasteiger partial charge < -0.3 is 19.9 Å². The molecule has 0 bridgehead atoms. The first kappa shape index (κ1) is 27.3. The third-order valence-corrected chi connectivity index (χ3v) is 7.51. The number of hydrogen-bond donors (Lipinski definition) is 2. The second kappa shape index (κ2) is 12.2. The average Bonchev–Trinajstić information content (AvgIpc) is 3.20. The quantitative estimate of drug-likeness (QED) is 0.195. The van der Waals surface area contributed by atoms with E-state index in [9.17, 15) is 14.7 Å². The summed E-state index contributed by atoms with van der Waals surface area (Å²) in [5.41, 5.74) is 2.11. The van der Waals surface area contributed by atoms with Crippen molar-refractivity contribution in [2.24, 2.45) is 4.99 Å². The number of halogens is 3. The van der Waals surface area contributed by atoms with Gasteiger partial charge >= 0.3 is 5.97 Å². The predicted octanol–water partition coefficient (Wildman–Crippen LogP) is 7.17. The van der Waals surface area contributed by atoms with Crippen molar-refractivity contribution in [2.45, 2.75) is 13.5 Å². The zero-order chi connectivity index (χ0) is 26.5. The van der Waals surface area contributed by atoms with E-state index in [1.165, 1.54) is 17.8 Å². The van der Waals surface area contributed by atoms with Gasteiger partial charge in [-0.15, -0.1) is 0 Å². The highest BCUT2D eigenvalue weighted by Gasteiger charge is 2.25.